The highest BCUT2D eigenvalue weighted by atomic mass is 32.1. The van der Waals surface area contributed by atoms with E-state index in [9.17, 15) is 0 Å². The highest BCUT2D eigenvalue weighted by Gasteiger charge is 2.20. The zero-order valence-corrected chi connectivity index (χ0v) is 24.9. The van der Waals surface area contributed by atoms with Gasteiger partial charge < -0.3 is 4.57 Å². The second-order valence-corrected chi connectivity index (χ2v) is 13.0. The minimum atomic E-state index is 1.06. The molecule has 206 valence electrons. The lowest BCUT2D eigenvalue weighted by atomic mass is 9.92. The number of rotatable bonds is 2. The summed E-state index contributed by atoms with van der Waals surface area (Å²) in [7, 11) is 0. The van der Waals surface area contributed by atoms with Crippen molar-refractivity contribution in [3.05, 3.63) is 140 Å². The van der Waals surface area contributed by atoms with Crippen LogP contribution in [0.5, 0.6) is 0 Å². The third-order valence-electron chi connectivity index (χ3n) is 9.58. The molecule has 9 aromatic rings. The van der Waals surface area contributed by atoms with E-state index in [0.717, 1.165) is 12.8 Å². The summed E-state index contributed by atoms with van der Waals surface area (Å²) < 4.78 is 5.24. The molecule has 7 aromatic carbocycles. The van der Waals surface area contributed by atoms with Crippen LogP contribution in [0.15, 0.2) is 140 Å². The number of thiophene rings is 1. The third kappa shape index (κ3) is 3.29. The summed E-state index contributed by atoms with van der Waals surface area (Å²) in [6.45, 7) is 0. The van der Waals surface area contributed by atoms with Gasteiger partial charge in [0, 0.05) is 42.0 Å². The van der Waals surface area contributed by atoms with Crippen molar-refractivity contribution in [3.63, 3.8) is 0 Å². The Hall–Kier alpha value is -5.18. The first-order valence-electron chi connectivity index (χ1n) is 15.4. The van der Waals surface area contributed by atoms with Gasteiger partial charge in [-0.15, -0.1) is 11.3 Å². The molecule has 44 heavy (non-hydrogen) atoms. The Morgan fingerprint density at radius 3 is 2.00 bits per heavy atom. The van der Waals surface area contributed by atoms with Crippen molar-refractivity contribution >= 4 is 91.3 Å². The monoisotopic (exact) mass is 577 g/mol. The molecule has 0 bridgehead atoms. The average Bonchev–Trinajstić information content (AvgIpc) is 3.64. The molecule has 0 N–H and O–H groups in total. The van der Waals surface area contributed by atoms with Gasteiger partial charge in [-0.2, -0.15) is 0 Å². The highest BCUT2D eigenvalue weighted by Crippen LogP contribution is 2.45. The lowest BCUT2D eigenvalue weighted by Gasteiger charge is -2.16. The molecule has 0 saturated heterocycles. The van der Waals surface area contributed by atoms with Gasteiger partial charge in [-0.25, -0.2) is 0 Å². The predicted octanol–water partition coefficient (Wildman–Crippen LogP) is 12.5. The topological polar surface area (TPSA) is 4.93 Å². The van der Waals surface area contributed by atoms with Crippen LogP contribution < -0.4 is 0 Å². The SMILES string of the molecule is C1=CC(n2c3ccc(-c4cccc5c4sc4ccccc45)cc3c3ccc4c5ccccc5c5ccccc5c4c32)=CCC1. The van der Waals surface area contributed by atoms with Crippen LogP contribution in [-0.4, -0.2) is 4.57 Å². The Morgan fingerprint density at radius 1 is 0.523 bits per heavy atom. The molecule has 10 rings (SSSR count). The number of fused-ring (bicyclic) bond motifs is 13. The van der Waals surface area contributed by atoms with E-state index < -0.39 is 0 Å². The van der Waals surface area contributed by atoms with Crippen LogP contribution in [-0.2, 0) is 0 Å². The second kappa shape index (κ2) is 9.16. The normalized spacial score (nSPS) is 13.8. The quantitative estimate of drug-likeness (QED) is 0.180. The zero-order valence-electron chi connectivity index (χ0n) is 24.0. The maximum absolute atomic E-state index is 2.54. The summed E-state index contributed by atoms with van der Waals surface area (Å²) in [5.74, 6) is 0. The van der Waals surface area contributed by atoms with E-state index in [2.05, 4.69) is 144 Å². The summed E-state index contributed by atoms with van der Waals surface area (Å²) in [5.41, 5.74) is 6.40. The number of aromatic nitrogens is 1. The molecule has 0 spiro atoms. The van der Waals surface area contributed by atoms with E-state index in [1.165, 1.54) is 91.1 Å². The van der Waals surface area contributed by atoms with Gasteiger partial charge in [0.15, 0.2) is 0 Å². The summed E-state index contributed by atoms with van der Waals surface area (Å²) in [4.78, 5) is 0. The van der Waals surface area contributed by atoms with Crippen molar-refractivity contribution in [1.82, 2.24) is 4.57 Å². The lowest BCUT2D eigenvalue weighted by Crippen LogP contribution is -1.98. The van der Waals surface area contributed by atoms with Gasteiger partial charge in [-0.3, -0.25) is 0 Å². The van der Waals surface area contributed by atoms with E-state index in [1.54, 1.807) is 0 Å². The number of allylic oxidation sites excluding steroid dienone is 4. The Bertz CT molecular complexity index is 2680. The van der Waals surface area contributed by atoms with Crippen molar-refractivity contribution in [2.45, 2.75) is 12.8 Å². The number of benzene rings is 7. The largest absolute Gasteiger partial charge is 0.309 e. The summed E-state index contributed by atoms with van der Waals surface area (Å²) in [5, 5.41) is 13.2. The number of hydrogen-bond donors (Lipinski definition) is 0. The van der Waals surface area contributed by atoms with Crippen LogP contribution in [0.25, 0.3) is 91.1 Å². The van der Waals surface area contributed by atoms with Gasteiger partial charge in [0.1, 0.15) is 0 Å². The fourth-order valence-corrected chi connectivity index (χ4v) is 8.91. The molecule has 2 aromatic heterocycles. The van der Waals surface area contributed by atoms with Crippen molar-refractivity contribution in [1.29, 1.82) is 0 Å². The van der Waals surface area contributed by atoms with E-state index in [0.29, 0.717) is 0 Å². The first-order valence-corrected chi connectivity index (χ1v) is 16.2. The van der Waals surface area contributed by atoms with E-state index in [-0.39, 0.29) is 0 Å². The summed E-state index contributed by atoms with van der Waals surface area (Å²) in [6, 6.07) is 45.2. The van der Waals surface area contributed by atoms with Crippen LogP contribution in [0.4, 0.5) is 0 Å². The molecule has 2 heterocycles. The second-order valence-electron chi connectivity index (χ2n) is 11.9. The smallest absolute Gasteiger partial charge is 0.0625 e. The summed E-state index contributed by atoms with van der Waals surface area (Å²) >= 11 is 1.90. The molecule has 1 aliphatic carbocycles. The van der Waals surface area contributed by atoms with Gasteiger partial charge in [0.2, 0.25) is 0 Å². The van der Waals surface area contributed by atoms with Crippen molar-refractivity contribution in [2.24, 2.45) is 0 Å². The molecule has 0 amide bonds. The molecule has 2 heteroatoms. The number of hydrogen-bond acceptors (Lipinski definition) is 1. The van der Waals surface area contributed by atoms with Crippen molar-refractivity contribution < 1.29 is 0 Å². The fourth-order valence-electron chi connectivity index (χ4n) is 7.67. The van der Waals surface area contributed by atoms with Crippen LogP contribution in [0, 0.1) is 0 Å². The van der Waals surface area contributed by atoms with Crippen LogP contribution in [0.3, 0.4) is 0 Å². The van der Waals surface area contributed by atoms with Crippen LogP contribution in [0.1, 0.15) is 12.8 Å². The van der Waals surface area contributed by atoms with Gasteiger partial charge in [-0.1, -0.05) is 115 Å². The minimum absolute atomic E-state index is 1.06. The predicted molar refractivity (Wildman–Crippen MR) is 193 cm³/mol. The Morgan fingerprint density at radius 2 is 1.20 bits per heavy atom. The fraction of sp³-hybridized carbons (Fsp3) is 0.0476. The molecule has 1 nitrogen and oxygen atoms in total. The van der Waals surface area contributed by atoms with Crippen molar-refractivity contribution in [2.75, 3.05) is 0 Å². The molecule has 0 atom stereocenters. The molecule has 0 radical (unpaired) electrons. The Balaban J connectivity index is 1.37. The first-order chi connectivity index (χ1) is 21.8. The highest BCUT2D eigenvalue weighted by molar-refractivity contribution is 7.26. The van der Waals surface area contributed by atoms with Crippen LogP contribution >= 0.6 is 11.3 Å². The average molecular weight is 578 g/mol. The first kappa shape index (κ1) is 24.3. The van der Waals surface area contributed by atoms with E-state index in [4.69, 9.17) is 0 Å². The zero-order chi connectivity index (χ0) is 28.8. The molecule has 0 saturated carbocycles. The van der Waals surface area contributed by atoms with Crippen molar-refractivity contribution in [3.8, 4) is 11.1 Å². The summed E-state index contributed by atoms with van der Waals surface area (Å²) in [6.07, 6.45) is 9.21. The molecule has 1 aliphatic rings. The van der Waals surface area contributed by atoms with Gasteiger partial charge in [-0.05, 0) is 75.2 Å². The van der Waals surface area contributed by atoms with E-state index >= 15 is 0 Å². The van der Waals surface area contributed by atoms with Gasteiger partial charge in [0.25, 0.3) is 0 Å². The van der Waals surface area contributed by atoms with Crippen LogP contribution in [0.2, 0.25) is 0 Å². The Kier molecular flexibility index (Phi) is 5.05. The molecule has 0 aliphatic heterocycles. The lowest BCUT2D eigenvalue weighted by molar-refractivity contribution is 1.02. The standard InChI is InChI=1S/C42H27NS/c1-2-11-27(12-3-1)43-38-24-21-26(28-18-10-19-36-32-16-8-9-20-39(32)44-42(28)36)25-37(38)35-23-22-34-31-15-5-4-13-29(31)30-14-6-7-17-33(30)40(34)41(35)43/h2,4-25H,1,3H2. The minimum Gasteiger partial charge on any atom is -0.309 e. The molecular formula is C42H27NS. The molecule has 0 unspecified atom stereocenters. The Labute approximate surface area is 258 Å². The van der Waals surface area contributed by atoms with Gasteiger partial charge >= 0.3 is 0 Å². The number of nitrogens with zero attached hydrogens (tertiary/aromatic N) is 1. The maximum Gasteiger partial charge on any atom is 0.0625 e. The molecule has 0 fully saturated rings. The molecular weight excluding hydrogens is 551 g/mol. The maximum atomic E-state index is 2.54. The van der Waals surface area contributed by atoms with E-state index in [1.807, 2.05) is 11.3 Å². The van der Waals surface area contributed by atoms with Gasteiger partial charge in [0.05, 0.1) is 11.0 Å². The third-order valence-corrected chi connectivity index (χ3v) is 10.8.